The summed E-state index contributed by atoms with van der Waals surface area (Å²) in [7, 11) is 0. The van der Waals surface area contributed by atoms with Crippen LogP contribution in [0.25, 0.3) is 22.5 Å². The summed E-state index contributed by atoms with van der Waals surface area (Å²) in [5.74, 6) is 0.576. The zero-order valence-corrected chi connectivity index (χ0v) is 16.3. The molecule has 0 spiro atoms. The quantitative estimate of drug-likeness (QED) is 0.357. The first kappa shape index (κ1) is 20.5. The SMILES string of the molecule is O=C(O)CCCCCCCc1nc(-c2ccc(O)cc2)c(-c2ccc(O)cc2)[nH]1. The Morgan fingerprint density at radius 1 is 0.793 bits per heavy atom. The van der Waals surface area contributed by atoms with Crippen molar-refractivity contribution in [1.29, 1.82) is 0 Å². The van der Waals surface area contributed by atoms with E-state index >= 15 is 0 Å². The summed E-state index contributed by atoms with van der Waals surface area (Å²) in [4.78, 5) is 18.7. The van der Waals surface area contributed by atoms with E-state index in [9.17, 15) is 15.0 Å². The van der Waals surface area contributed by atoms with Crippen LogP contribution in [0.15, 0.2) is 48.5 Å². The molecular weight excluding hydrogens is 368 g/mol. The summed E-state index contributed by atoms with van der Waals surface area (Å²) in [6.45, 7) is 0. The topological polar surface area (TPSA) is 106 Å². The lowest BCUT2D eigenvalue weighted by molar-refractivity contribution is -0.137. The smallest absolute Gasteiger partial charge is 0.303 e. The van der Waals surface area contributed by atoms with Crippen LogP contribution in [0.5, 0.6) is 11.5 Å². The highest BCUT2D eigenvalue weighted by Gasteiger charge is 2.14. The molecule has 0 amide bonds. The van der Waals surface area contributed by atoms with Gasteiger partial charge in [-0.1, -0.05) is 19.3 Å². The first-order chi connectivity index (χ1) is 14.0. The van der Waals surface area contributed by atoms with Crippen molar-refractivity contribution >= 4 is 5.97 Å². The highest BCUT2D eigenvalue weighted by molar-refractivity contribution is 5.78. The van der Waals surface area contributed by atoms with E-state index in [1.54, 1.807) is 24.3 Å². The van der Waals surface area contributed by atoms with Gasteiger partial charge in [-0.2, -0.15) is 0 Å². The first-order valence-electron chi connectivity index (χ1n) is 9.92. The summed E-state index contributed by atoms with van der Waals surface area (Å²) in [5, 5.41) is 27.8. The average molecular weight is 394 g/mol. The lowest BCUT2D eigenvalue weighted by Crippen LogP contribution is -1.94. The number of imidazole rings is 1. The molecule has 0 saturated heterocycles. The van der Waals surface area contributed by atoms with E-state index in [1.165, 1.54) is 0 Å². The Morgan fingerprint density at radius 3 is 1.97 bits per heavy atom. The number of nitrogens with zero attached hydrogens (tertiary/aromatic N) is 1. The van der Waals surface area contributed by atoms with Gasteiger partial charge in [0.1, 0.15) is 17.3 Å². The van der Waals surface area contributed by atoms with E-state index < -0.39 is 5.97 Å². The van der Waals surface area contributed by atoms with Gasteiger partial charge in [-0.15, -0.1) is 0 Å². The second kappa shape index (κ2) is 9.78. The number of carboxylic acid groups (broad SMARTS) is 1. The lowest BCUT2D eigenvalue weighted by Gasteiger charge is -2.04. The molecule has 0 aliphatic heterocycles. The van der Waals surface area contributed by atoms with Crippen LogP contribution in [0.2, 0.25) is 0 Å². The number of carbonyl (C=O) groups is 1. The number of aliphatic carboxylic acids is 1. The number of H-pyrrole nitrogens is 1. The zero-order chi connectivity index (χ0) is 20.6. The Morgan fingerprint density at radius 2 is 1.34 bits per heavy atom. The fourth-order valence-electron chi connectivity index (χ4n) is 3.30. The predicted molar refractivity (Wildman–Crippen MR) is 112 cm³/mol. The number of rotatable bonds is 10. The molecule has 3 rings (SSSR count). The number of unbranched alkanes of at least 4 members (excludes halogenated alkanes) is 4. The van der Waals surface area contributed by atoms with Crippen molar-refractivity contribution in [1.82, 2.24) is 9.97 Å². The second-order valence-electron chi connectivity index (χ2n) is 7.16. The molecule has 0 bridgehead atoms. The van der Waals surface area contributed by atoms with Crippen LogP contribution in [0, 0.1) is 0 Å². The Hall–Kier alpha value is -3.28. The zero-order valence-electron chi connectivity index (χ0n) is 16.3. The van der Waals surface area contributed by atoms with E-state index in [-0.39, 0.29) is 17.9 Å². The standard InChI is InChI=1S/C23H26N2O4/c26-18-12-8-16(9-13-18)22-23(17-10-14-19(27)15-11-17)25-20(24-22)6-4-2-1-3-5-7-21(28)29/h8-15,26-27H,1-7H2,(H,24,25)(H,28,29). The minimum Gasteiger partial charge on any atom is -0.508 e. The third-order valence-electron chi connectivity index (χ3n) is 4.85. The van der Waals surface area contributed by atoms with Crippen molar-refractivity contribution in [2.45, 2.75) is 44.9 Å². The second-order valence-corrected chi connectivity index (χ2v) is 7.16. The van der Waals surface area contributed by atoms with Crippen molar-refractivity contribution in [2.75, 3.05) is 0 Å². The molecule has 2 aromatic carbocycles. The van der Waals surface area contributed by atoms with Crippen molar-refractivity contribution in [3.63, 3.8) is 0 Å². The summed E-state index contributed by atoms with van der Waals surface area (Å²) in [5.41, 5.74) is 3.53. The van der Waals surface area contributed by atoms with E-state index in [0.29, 0.717) is 0 Å². The molecule has 6 heteroatoms. The number of phenols is 2. The van der Waals surface area contributed by atoms with Crippen molar-refractivity contribution in [2.24, 2.45) is 0 Å². The van der Waals surface area contributed by atoms with Gasteiger partial charge in [-0.05, 0) is 61.4 Å². The maximum absolute atomic E-state index is 10.5. The molecule has 6 nitrogen and oxygen atoms in total. The predicted octanol–water partition coefficient (Wildman–Crippen LogP) is 5.12. The monoisotopic (exact) mass is 394 g/mol. The molecule has 0 unspecified atom stereocenters. The molecular formula is C23H26N2O4. The number of aromatic hydroxyl groups is 2. The van der Waals surface area contributed by atoms with Crippen LogP contribution in [0.4, 0.5) is 0 Å². The minimum atomic E-state index is -0.732. The molecule has 4 N–H and O–H groups in total. The molecule has 3 aromatic rings. The van der Waals surface area contributed by atoms with Crippen LogP contribution in [0.3, 0.4) is 0 Å². The summed E-state index contributed by atoms with van der Waals surface area (Å²) >= 11 is 0. The maximum atomic E-state index is 10.5. The Kier molecular flexibility index (Phi) is 6.89. The Bertz CT molecular complexity index is 868. The fourth-order valence-corrected chi connectivity index (χ4v) is 3.30. The number of aromatic amines is 1. The van der Waals surface area contributed by atoms with Crippen LogP contribution >= 0.6 is 0 Å². The van der Waals surface area contributed by atoms with Gasteiger partial charge < -0.3 is 20.3 Å². The molecule has 0 radical (unpaired) electrons. The van der Waals surface area contributed by atoms with Gasteiger partial charge in [0.05, 0.1) is 11.4 Å². The van der Waals surface area contributed by atoms with Gasteiger partial charge in [0.2, 0.25) is 0 Å². The molecule has 0 saturated carbocycles. The molecule has 0 aliphatic carbocycles. The highest BCUT2D eigenvalue weighted by atomic mass is 16.4. The van der Waals surface area contributed by atoms with E-state index in [1.807, 2.05) is 24.3 Å². The van der Waals surface area contributed by atoms with Crippen LogP contribution in [-0.4, -0.2) is 31.3 Å². The molecule has 0 fully saturated rings. The van der Waals surface area contributed by atoms with Gasteiger partial charge >= 0.3 is 5.97 Å². The summed E-state index contributed by atoms with van der Waals surface area (Å²) in [6, 6.07) is 13.9. The normalized spacial score (nSPS) is 10.9. The average Bonchev–Trinajstić information content (AvgIpc) is 3.12. The summed E-state index contributed by atoms with van der Waals surface area (Å²) in [6.07, 6.45) is 5.73. The Labute approximate surface area is 169 Å². The van der Waals surface area contributed by atoms with Crippen LogP contribution in [0.1, 0.15) is 44.3 Å². The first-order valence-corrected chi connectivity index (χ1v) is 9.92. The largest absolute Gasteiger partial charge is 0.508 e. The molecule has 1 aromatic heterocycles. The van der Waals surface area contributed by atoms with Gasteiger partial charge in [0.15, 0.2) is 0 Å². The maximum Gasteiger partial charge on any atom is 0.303 e. The van der Waals surface area contributed by atoms with Crippen LogP contribution in [-0.2, 0) is 11.2 Å². The number of phenolic OH excluding ortho intramolecular Hbond substituents is 2. The van der Waals surface area contributed by atoms with Gasteiger partial charge in [-0.25, -0.2) is 4.98 Å². The number of benzene rings is 2. The number of nitrogens with one attached hydrogen (secondary N) is 1. The van der Waals surface area contributed by atoms with Crippen molar-refractivity contribution < 1.29 is 20.1 Å². The number of hydrogen-bond acceptors (Lipinski definition) is 4. The third-order valence-corrected chi connectivity index (χ3v) is 4.85. The van der Waals surface area contributed by atoms with Crippen molar-refractivity contribution in [3.05, 3.63) is 54.4 Å². The van der Waals surface area contributed by atoms with Crippen LogP contribution < -0.4 is 0 Å². The van der Waals surface area contributed by atoms with Gasteiger partial charge in [0, 0.05) is 24.0 Å². The highest BCUT2D eigenvalue weighted by Crippen LogP contribution is 2.32. The number of hydrogen-bond donors (Lipinski definition) is 4. The summed E-state index contributed by atoms with van der Waals surface area (Å²) < 4.78 is 0. The van der Waals surface area contributed by atoms with Crippen molar-refractivity contribution in [3.8, 4) is 34.0 Å². The Balaban J connectivity index is 1.70. The molecule has 0 aliphatic rings. The molecule has 29 heavy (non-hydrogen) atoms. The number of carboxylic acids is 1. The molecule has 1 heterocycles. The molecule has 152 valence electrons. The molecule has 0 atom stereocenters. The van der Waals surface area contributed by atoms with E-state index in [4.69, 9.17) is 10.1 Å². The third kappa shape index (κ3) is 5.85. The minimum absolute atomic E-state index is 0.207. The van der Waals surface area contributed by atoms with E-state index in [2.05, 4.69) is 4.98 Å². The fraction of sp³-hybridized carbons (Fsp3) is 0.304. The lowest BCUT2D eigenvalue weighted by atomic mass is 10.0. The van der Waals surface area contributed by atoms with Gasteiger partial charge in [-0.3, -0.25) is 4.79 Å². The number of aryl methyl sites for hydroxylation is 1. The van der Waals surface area contributed by atoms with Gasteiger partial charge in [0.25, 0.3) is 0 Å². The van der Waals surface area contributed by atoms with E-state index in [0.717, 1.165) is 66.9 Å². The number of aromatic nitrogens is 2.